The number of hydrogen-bond donors (Lipinski definition) is 2. The molecule has 5 rings (SSSR count). The predicted octanol–water partition coefficient (Wildman–Crippen LogP) is 4.18. The first-order valence-electron chi connectivity index (χ1n) is 11.7. The van der Waals surface area contributed by atoms with Gasteiger partial charge in [-0.15, -0.1) is 0 Å². The summed E-state index contributed by atoms with van der Waals surface area (Å²) < 4.78 is 25.0. The summed E-state index contributed by atoms with van der Waals surface area (Å²) in [4.78, 5) is 24.6. The van der Waals surface area contributed by atoms with Crippen molar-refractivity contribution in [2.45, 2.75) is 26.1 Å². The average molecular weight is 533 g/mol. The quantitative estimate of drug-likeness (QED) is 0.321. The number of aliphatic hydroxyl groups is 1. The molecule has 3 aromatic carbocycles. The lowest BCUT2D eigenvalue weighted by Gasteiger charge is -2.27. The van der Waals surface area contributed by atoms with Crippen molar-refractivity contribution in [1.82, 2.24) is 8.75 Å². The molecule has 0 saturated heterocycles. The Hall–Kier alpha value is -4.28. The molecule has 0 bridgehead atoms. The summed E-state index contributed by atoms with van der Waals surface area (Å²) in [5.74, 6) is -3.18. The number of methoxy groups -OCH3 is 1. The van der Waals surface area contributed by atoms with Gasteiger partial charge in [-0.2, -0.15) is 8.75 Å². The zero-order valence-corrected chi connectivity index (χ0v) is 21.7. The number of aliphatic carboxylic acids is 1. The largest absolute Gasteiger partial charge is 0.497 e. The van der Waals surface area contributed by atoms with Crippen LogP contribution in [-0.2, 0) is 26.5 Å². The lowest BCUT2D eigenvalue weighted by Crippen LogP contribution is -2.30. The number of carboxylic acids is 1. The van der Waals surface area contributed by atoms with E-state index in [9.17, 15) is 19.8 Å². The molecule has 1 unspecified atom stereocenters. The Balaban J connectivity index is 1.70. The number of benzene rings is 3. The normalized spacial score (nSPS) is 17.1. The number of hydrogen-bond acceptors (Lipinski definition) is 9. The van der Waals surface area contributed by atoms with Crippen molar-refractivity contribution in [3.05, 3.63) is 88.0 Å². The summed E-state index contributed by atoms with van der Waals surface area (Å²) in [5.41, 5.74) is 5.19. The molecule has 2 heterocycles. The highest BCUT2D eigenvalue weighted by molar-refractivity contribution is 7.00. The van der Waals surface area contributed by atoms with Gasteiger partial charge < -0.3 is 24.4 Å². The number of nitrogens with zero attached hydrogens (tertiary/aromatic N) is 2. The van der Waals surface area contributed by atoms with Gasteiger partial charge in [0.1, 0.15) is 22.5 Å². The van der Waals surface area contributed by atoms with E-state index in [1.165, 1.54) is 7.11 Å². The predicted molar refractivity (Wildman–Crippen MR) is 140 cm³/mol. The minimum atomic E-state index is -2.07. The summed E-state index contributed by atoms with van der Waals surface area (Å²) in [6.07, 6.45) is 0.0246. The number of carbonyl (C=O) groups is 2. The lowest BCUT2D eigenvalue weighted by molar-refractivity contribution is -0.185. The highest BCUT2D eigenvalue weighted by Gasteiger charge is 2.48. The molecule has 10 heteroatoms. The first kappa shape index (κ1) is 25.4. The van der Waals surface area contributed by atoms with Gasteiger partial charge in [0.25, 0.3) is 5.79 Å². The fourth-order valence-electron chi connectivity index (χ4n) is 4.43. The second-order valence-corrected chi connectivity index (χ2v) is 9.52. The Morgan fingerprint density at radius 3 is 2.55 bits per heavy atom. The van der Waals surface area contributed by atoms with Crippen molar-refractivity contribution in [3.8, 4) is 11.5 Å². The fourth-order valence-corrected chi connectivity index (χ4v) is 4.95. The van der Waals surface area contributed by atoms with Gasteiger partial charge >= 0.3 is 11.9 Å². The molecule has 1 aliphatic heterocycles. The van der Waals surface area contributed by atoms with Crippen LogP contribution in [0.5, 0.6) is 11.5 Å². The number of aromatic nitrogens is 2. The SMILES string of the molecule is COc1ccc(CC2=C(c3ccc4nsnc4c3)C(=O)OC2(O)c2ccc(C)c(C)c2)c(OCC(=O)O)c1. The maximum absolute atomic E-state index is 13.4. The van der Waals surface area contributed by atoms with Crippen LogP contribution < -0.4 is 9.47 Å². The standard InChI is InChI=1S/C28H24N2O7S/c1-15-4-7-19(10-16(15)2)28(34)21(11-17-5-8-20(35-3)13-24(17)36-14-25(31)32)26(27(33)37-28)18-6-9-22-23(12-18)30-38-29-22/h4-10,12-13,34H,11,14H2,1-3H3,(H,31,32). The van der Waals surface area contributed by atoms with Crippen LogP contribution in [-0.4, -0.2) is 44.6 Å². The average Bonchev–Trinajstić information content (AvgIpc) is 3.46. The number of carbonyl (C=O) groups excluding carboxylic acids is 1. The van der Waals surface area contributed by atoms with E-state index in [0.717, 1.165) is 22.9 Å². The van der Waals surface area contributed by atoms with Crippen LogP contribution in [0.25, 0.3) is 16.6 Å². The number of carboxylic acid groups (broad SMARTS) is 1. The Bertz CT molecular complexity index is 1610. The van der Waals surface area contributed by atoms with Gasteiger partial charge in [0.15, 0.2) is 6.61 Å². The van der Waals surface area contributed by atoms with E-state index in [1.807, 2.05) is 19.9 Å². The third-order valence-corrected chi connectivity index (χ3v) is 7.15. The summed E-state index contributed by atoms with van der Waals surface area (Å²) >= 11 is 1.06. The third kappa shape index (κ3) is 4.59. The van der Waals surface area contributed by atoms with E-state index in [4.69, 9.17) is 14.2 Å². The maximum atomic E-state index is 13.4. The number of cyclic esters (lactones) is 1. The van der Waals surface area contributed by atoms with Crippen molar-refractivity contribution < 1.29 is 34.0 Å². The first-order chi connectivity index (χ1) is 18.2. The van der Waals surface area contributed by atoms with Crippen LogP contribution in [0.4, 0.5) is 0 Å². The Kier molecular flexibility index (Phi) is 6.60. The molecule has 1 atom stereocenters. The van der Waals surface area contributed by atoms with Crippen LogP contribution in [0.1, 0.15) is 27.8 Å². The van der Waals surface area contributed by atoms with Crippen LogP contribution >= 0.6 is 11.7 Å². The van der Waals surface area contributed by atoms with Crippen molar-refractivity contribution >= 4 is 40.3 Å². The van der Waals surface area contributed by atoms with E-state index in [-0.39, 0.29) is 17.7 Å². The summed E-state index contributed by atoms with van der Waals surface area (Å²) in [7, 11) is 1.49. The minimum absolute atomic E-state index is 0.0246. The zero-order valence-electron chi connectivity index (χ0n) is 20.8. The van der Waals surface area contributed by atoms with Crippen LogP contribution in [0.2, 0.25) is 0 Å². The van der Waals surface area contributed by atoms with E-state index < -0.39 is 24.3 Å². The molecule has 1 aromatic heterocycles. The number of rotatable bonds is 8. The van der Waals surface area contributed by atoms with Gasteiger partial charge in [0.05, 0.1) is 24.4 Å². The van der Waals surface area contributed by atoms with Crippen LogP contribution in [0.3, 0.4) is 0 Å². The monoisotopic (exact) mass is 532 g/mol. The number of fused-ring (bicyclic) bond motifs is 1. The summed E-state index contributed by atoms with van der Waals surface area (Å²) in [6, 6.07) is 15.6. The molecular weight excluding hydrogens is 508 g/mol. The number of aryl methyl sites for hydroxylation is 2. The van der Waals surface area contributed by atoms with Crippen molar-refractivity contribution in [2.24, 2.45) is 0 Å². The van der Waals surface area contributed by atoms with Crippen LogP contribution in [0, 0.1) is 13.8 Å². The Labute approximate surface area is 222 Å². The molecule has 2 N–H and O–H groups in total. The van der Waals surface area contributed by atoms with Gasteiger partial charge in [-0.1, -0.05) is 24.3 Å². The van der Waals surface area contributed by atoms with Gasteiger partial charge in [-0.25, -0.2) is 9.59 Å². The van der Waals surface area contributed by atoms with Crippen molar-refractivity contribution in [1.29, 1.82) is 0 Å². The van der Waals surface area contributed by atoms with Gasteiger partial charge in [0.2, 0.25) is 0 Å². The van der Waals surface area contributed by atoms with Gasteiger partial charge in [-0.05, 0) is 60.4 Å². The Morgan fingerprint density at radius 1 is 1.03 bits per heavy atom. The zero-order chi connectivity index (χ0) is 27.0. The molecule has 9 nitrogen and oxygen atoms in total. The van der Waals surface area contributed by atoms with Crippen molar-refractivity contribution in [3.63, 3.8) is 0 Å². The molecule has 0 fully saturated rings. The minimum Gasteiger partial charge on any atom is -0.497 e. The molecule has 0 saturated carbocycles. The van der Waals surface area contributed by atoms with Gasteiger partial charge in [-0.3, -0.25) is 0 Å². The highest BCUT2D eigenvalue weighted by Crippen LogP contribution is 2.46. The second kappa shape index (κ2) is 9.88. The molecular formula is C28H24N2O7S. The molecule has 0 aliphatic carbocycles. The lowest BCUT2D eigenvalue weighted by atomic mass is 9.87. The topological polar surface area (TPSA) is 128 Å². The smallest absolute Gasteiger partial charge is 0.342 e. The van der Waals surface area contributed by atoms with Crippen molar-refractivity contribution in [2.75, 3.05) is 13.7 Å². The molecule has 0 amide bonds. The number of ether oxygens (including phenoxy) is 3. The number of esters is 1. The van der Waals surface area contributed by atoms with E-state index >= 15 is 0 Å². The fraction of sp³-hybridized carbons (Fsp3) is 0.214. The van der Waals surface area contributed by atoms with E-state index in [2.05, 4.69) is 8.75 Å². The van der Waals surface area contributed by atoms with E-state index in [1.54, 1.807) is 48.5 Å². The van der Waals surface area contributed by atoms with Crippen LogP contribution in [0.15, 0.2) is 60.2 Å². The molecule has 4 aromatic rings. The molecule has 1 aliphatic rings. The second-order valence-electron chi connectivity index (χ2n) is 8.99. The molecule has 0 spiro atoms. The maximum Gasteiger partial charge on any atom is 0.342 e. The van der Waals surface area contributed by atoms with Gasteiger partial charge in [0, 0.05) is 23.6 Å². The summed E-state index contributed by atoms with van der Waals surface area (Å²) in [6.45, 7) is 3.29. The van der Waals surface area contributed by atoms with E-state index in [0.29, 0.717) is 39.0 Å². The highest BCUT2D eigenvalue weighted by atomic mass is 32.1. The Morgan fingerprint density at radius 2 is 1.82 bits per heavy atom. The molecule has 194 valence electrons. The third-order valence-electron chi connectivity index (χ3n) is 6.59. The summed E-state index contributed by atoms with van der Waals surface area (Å²) in [5, 5.41) is 21.2. The molecule has 0 radical (unpaired) electrons. The molecule has 38 heavy (non-hydrogen) atoms. The first-order valence-corrected chi connectivity index (χ1v) is 12.4.